The van der Waals surface area contributed by atoms with Gasteiger partial charge in [-0.05, 0) is 36.9 Å². The molecule has 0 atom stereocenters. The van der Waals surface area contributed by atoms with Gasteiger partial charge < -0.3 is 4.90 Å². The minimum atomic E-state index is 0.230. The Balaban J connectivity index is 2.07. The van der Waals surface area contributed by atoms with Crippen LogP contribution < -0.4 is 4.90 Å². The molecule has 7 heteroatoms. The molecule has 0 radical (unpaired) electrons. The Bertz CT molecular complexity index is 707. The summed E-state index contributed by atoms with van der Waals surface area (Å²) in [5.41, 5.74) is 0.664. The van der Waals surface area contributed by atoms with Crippen molar-refractivity contribution < 1.29 is 0 Å². The topological polar surface area (TPSA) is 57.7 Å². The monoisotopic (exact) mass is 307 g/mol. The number of aromatic nitrogens is 4. The normalized spacial score (nSPS) is 11.4. The van der Waals surface area contributed by atoms with E-state index in [9.17, 15) is 0 Å². The van der Waals surface area contributed by atoms with Gasteiger partial charge in [0.25, 0.3) is 0 Å². The molecule has 3 heterocycles. The van der Waals surface area contributed by atoms with Crippen LogP contribution in [0.3, 0.4) is 0 Å². The summed E-state index contributed by atoms with van der Waals surface area (Å²) >= 11 is 7.75. The van der Waals surface area contributed by atoms with E-state index >= 15 is 0 Å². The van der Waals surface area contributed by atoms with Crippen LogP contribution in [0.1, 0.15) is 18.7 Å². The Hall–Kier alpha value is -1.66. The van der Waals surface area contributed by atoms with Crippen molar-refractivity contribution >= 4 is 39.8 Å². The second-order valence-corrected chi connectivity index (χ2v) is 6.12. The van der Waals surface area contributed by atoms with E-state index < -0.39 is 0 Å². The van der Waals surface area contributed by atoms with Crippen LogP contribution in [-0.2, 0) is 6.54 Å². The zero-order valence-electron chi connectivity index (χ0n) is 11.2. The van der Waals surface area contributed by atoms with E-state index in [4.69, 9.17) is 11.6 Å². The molecule has 0 aromatic carbocycles. The fourth-order valence-electron chi connectivity index (χ4n) is 2.08. The van der Waals surface area contributed by atoms with Crippen molar-refractivity contribution in [3.8, 4) is 0 Å². The molecule has 0 saturated carbocycles. The molecule has 3 aromatic heterocycles. The van der Waals surface area contributed by atoms with Crippen molar-refractivity contribution in [2.45, 2.75) is 26.4 Å². The zero-order valence-corrected chi connectivity index (χ0v) is 12.7. The Morgan fingerprint density at radius 3 is 2.95 bits per heavy atom. The van der Waals surface area contributed by atoms with Gasteiger partial charge in [0.15, 0.2) is 5.65 Å². The first-order valence-corrected chi connectivity index (χ1v) is 7.56. The van der Waals surface area contributed by atoms with Gasteiger partial charge in [-0.15, -0.1) is 11.3 Å². The summed E-state index contributed by atoms with van der Waals surface area (Å²) < 4.78 is 0. The van der Waals surface area contributed by atoms with E-state index in [-0.39, 0.29) is 5.28 Å². The number of halogens is 1. The third-order valence-corrected chi connectivity index (χ3v) is 4.09. The highest BCUT2D eigenvalue weighted by Crippen LogP contribution is 2.27. The predicted octanol–water partition coefficient (Wildman–Crippen LogP) is 3.48. The minimum Gasteiger partial charge on any atom is -0.348 e. The smallest absolute Gasteiger partial charge is 0.226 e. The van der Waals surface area contributed by atoms with E-state index in [0.29, 0.717) is 11.7 Å². The van der Waals surface area contributed by atoms with Crippen LogP contribution >= 0.6 is 22.9 Å². The molecule has 0 aliphatic rings. The van der Waals surface area contributed by atoms with Crippen LogP contribution in [0.25, 0.3) is 11.0 Å². The molecule has 0 fully saturated rings. The van der Waals surface area contributed by atoms with Gasteiger partial charge in [0.1, 0.15) is 5.82 Å². The Morgan fingerprint density at radius 2 is 2.25 bits per heavy atom. The maximum atomic E-state index is 6.02. The lowest BCUT2D eigenvalue weighted by Gasteiger charge is -2.27. The summed E-state index contributed by atoms with van der Waals surface area (Å²) in [5.74, 6) is 0.817. The van der Waals surface area contributed by atoms with Crippen LogP contribution in [0.2, 0.25) is 5.28 Å². The maximum Gasteiger partial charge on any atom is 0.226 e. The van der Waals surface area contributed by atoms with Crippen molar-refractivity contribution in [3.63, 3.8) is 0 Å². The van der Waals surface area contributed by atoms with Crippen LogP contribution in [-0.4, -0.2) is 26.2 Å². The fraction of sp³-hybridized carbons (Fsp3) is 0.308. The molecule has 0 bridgehead atoms. The summed E-state index contributed by atoms with van der Waals surface area (Å²) in [4.78, 5) is 12.0. The van der Waals surface area contributed by atoms with Crippen molar-refractivity contribution in [1.29, 1.82) is 0 Å². The molecule has 0 saturated heterocycles. The number of fused-ring (bicyclic) bond motifs is 1. The zero-order chi connectivity index (χ0) is 14.1. The number of aromatic amines is 1. The number of nitrogens with zero attached hydrogens (tertiary/aromatic N) is 4. The van der Waals surface area contributed by atoms with E-state index in [1.807, 2.05) is 0 Å². The Morgan fingerprint density at radius 1 is 1.40 bits per heavy atom. The van der Waals surface area contributed by atoms with Crippen molar-refractivity contribution in [3.05, 3.63) is 33.9 Å². The number of hydrogen-bond acceptors (Lipinski definition) is 5. The highest BCUT2D eigenvalue weighted by atomic mass is 35.5. The van der Waals surface area contributed by atoms with E-state index in [1.54, 1.807) is 17.5 Å². The second kappa shape index (κ2) is 5.38. The Labute approximate surface area is 125 Å². The molecule has 3 rings (SSSR count). The first kappa shape index (κ1) is 13.3. The molecular weight excluding hydrogens is 294 g/mol. The predicted molar refractivity (Wildman–Crippen MR) is 82.3 cm³/mol. The number of H-pyrrole nitrogens is 1. The van der Waals surface area contributed by atoms with Gasteiger partial charge in [-0.25, -0.2) is 0 Å². The van der Waals surface area contributed by atoms with Crippen molar-refractivity contribution in [2.75, 3.05) is 4.90 Å². The van der Waals surface area contributed by atoms with Gasteiger partial charge in [-0.1, -0.05) is 6.07 Å². The number of anilines is 1. The molecule has 3 aromatic rings. The summed E-state index contributed by atoms with van der Waals surface area (Å²) in [6, 6.07) is 4.47. The molecule has 20 heavy (non-hydrogen) atoms. The molecule has 0 aliphatic carbocycles. The SMILES string of the molecule is CC(C)N(Cc1cccs1)c1nc(Cl)nc2[nH]ncc12. The Kier molecular flexibility index (Phi) is 3.58. The van der Waals surface area contributed by atoms with E-state index in [0.717, 1.165) is 17.7 Å². The second-order valence-electron chi connectivity index (χ2n) is 4.75. The molecule has 0 spiro atoms. The van der Waals surface area contributed by atoms with Gasteiger partial charge in [-0.3, -0.25) is 5.10 Å². The van der Waals surface area contributed by atoms with E-state index in [1.165, 1.54) is 4.88 Å². The standard InChI is InChI=1S/C13H14ClN5S/c1-8(2)19(7-9-4-3-5-20-9)12-10-6-15-18-11(10)16-13(14)17-12/h3-6,8H,7H2,1-2H3,(H,15,16,17,18). The van der Waals surface area contributed by atoms with Gasteiger partial charge in [0, 0.05) is 10.9 Å². The van der Waals surface area contributed by atoms with Gasteiger partial charge in [-0.2, -0.15) is 15.1 Å². The van der Waals surface area contributed by atoms with E-state index in [2.05, 4.69) is 56.4 Å². The molecular formula is C13H14ClN5S. The first-order chi connectivity index (χ1) is 9.65. The number of rotatable bonds is 4. The lowest BCUT2D eigenvalue weighted by Crippen LogP contribution is -2.30. The summed E-state index contributed by atoms with van der Waals surface area (Å²) in [7, 11) is 0. The summed E-state index contributed by atoms with van der Waals surface area (Å²) in [5, 5.41) is 10.1. The van der Waals surface area contributed by atoms with Crippen molar-refractivity contribution in [1.82, 2.24) is 20.2 Å². The lowest BCUT2D eigenvalue weighted by molar-refractivity contribution is 0.679. The largest absolute Gasteiger partial charge is 0.348 e. The summed E-state index contributed by atoms with van der Waals surface area (Å²) in [6.45, 7) is 5.06. The van der Waals surface area contributed by atoms with Gasteiger partial charge in [0.2, 0.25) is 5.28 Å². The third-order valence-electron chi connectivity index (χ3n) is 3.06. The van der Waals surface area contributed by atoms with Gasteiger partial charge in [0.05, 0.1) is 18.1 Å². The molecule has 5 nitrogen and oxygen atoms in total. The lowest BCUT2D eigenvalue weighted by atomic mass is 10.2. The molecule has 104 valence electrons. The molecule has 0 aliphatic heterocycles. The highest BCUT2D eigenvalue weighted by Gasteiger charge is 2.18. The van der Waals surface area contributed by atoms with Crippen LogP contribution in [0.4, 0.5) is 5.82 Å². The third kappa shape index (κ3) is 2.48. The van der Waals surface area contributed by atoms with Gasteiger partial charge >= 0.3 is 0 Å². The number of nitrogens with one attached hydrogen (secondary N) is 1. The maximum absolute atomic E-state index is 6.02. The molecule has 0 unspecified atom stereocenters. The average Bonchev–Trinajstić information content (AvgIpc) is 3.05. The van der Waals surface area contributed by atoms with Crippen LogP contribution in [0, 0.1) is 0 Å². The first-order valence-electron chi connectivity index (χ1n) is 6.31. The van der Waals surface area contributed by atoms with Crippen molar-refractivity contribution in [2.24, 2.45) is 0 Å². The summed E-state index contributed by atoms with van der Waals surface area (Å²) in [6.07, 6.45) is 1.74. The van der Waals surface area contributed by atoms with Crippen LogP contribution in [0.5, 0.6) is 0 Å². The fourth-order valence-corrected chi connectivity index (χ4v) is 2.95. The highest BCUT2D eigenvalue weighted by molar-refractivity contribution is 7.09. The van der Waals surface area contributed by atoms with Crippen LogP contribution in [0.15, 0.2) is 23.7 Å². The number of hydrogen-bond donors (Lipinski definition) is 1. The number of thiophene rings is 1. The quantitative estimate of drug-likeness (QED) is 0.750. The molecule has 0 amide bonds. The average molecular weight is 308 g/mol. The minimum absolute atomic E-state index is 0.230. The molecule has 1 N–H and O–H groups in total.